The molecule has 0 aliphatic heterocycles. The van der Waals surface area contributed by atoms with Crippen LogP contribution in [0.1, 0.15) is 18.9 Å². The molecule has 0 aromatic carbocycles. The number of rotatable bonds is 2. The van der Waals surface area contributed by atoms with Gasteiger partial charge in [-0.15, -0.1) is 0 Å². The van der Waals surface area contributed by atoms with E-state index in [9.17, 15) is 4.79 Å². The Labute approximate surface area is 70.9 Å². The summed E-state index contributed by atoms with van der Waals surface area (Å²) < 4.78 is 1.55. The first-order chi connectivity index (χ1) is 5.79. The van der Waals surface area contributed by atoms with Crippen molar-refractivity contribution in [3.05, 3.63) is 34.2 Å². The molecule has 1 rings (SSSR count). The molecule has 12 heavy (non-hydrogen) atoms. The fraction of sp³-hybridized carbons (Fsp3) is 0.333. The Bertz CT molecular complexity index is 360. The van der Waals surface area contributed by atoms with Crippen molar-refractivity contribution in [1.29, 1.82) is 5.26 Å². The van der Waals surface area contributed by atoms with E-state index in [-0.39, 0.29) is 11.1 Å². The third-order valence-corrected chi connectivity index (χ3v) is 1.61. The average Bonchev–Trinajstić information content (AvgIpc) is 2.09. The Morgan fingerprint density at radius 2 is 2.42 bits per heavy atom. The minimum atomic E-state index is -0.193. The molecule has 1 aromatic heterocycles. The fourth-order valence-corrected chi connectivity index (χ4v) is 1.04. The number of hydrogen-bond donors (Lipinski definition) is 0. The molecule has 1 heterocycles. The zero-order valence-corrected chi connectivity index (χ0v) is 6.95. The zero-order valence-electron chi connectivity index (χ0n) is 6.95. The van der Waals surface area contributed by atoms with Crippen LogP contribution in [0.4, 0.5) is 0 Å². The average molecular weight is 162 g/mol. The molecule has 0 aliphatic carbocycles. The van der Waals surface area contributed by atoms with Crippen molar-refractivity contribution in [2.75, 3.05) is 0 Å². The predicted molar refractivity (Wildman–Crippen MR) is 45.7 cm³/mol. The second kappa shape index (κ2) is 3.72. The van der Waals surface area contributed by atoms with Crippen molar-refractivity contribution in [1.82, 2.24) is 4.57 Å². The Hall–Kier alpha value is -1.56. The minimum Gasteiger partial charge on any atom is -0.314 e. The van der Waals surface area contributed by atoms with Gasteiger partial charge in [0, 0.05) is 12.7 Å². The summed E-state index contributed by atoms with van der Waals surface area (Å²) in [4.78, 5) is 11.3. The first-order valence-electron chi connectivity index (χ1n) is 3.89. The van der Waals surface area contributed by atoms with E-state index in [1.54, 1.807) is 16.8 Å². The third kappa shape index (κ3) is 1.54. The summed E-state index contributed by atoms with van der Waals surface area (Å²) in [5, 5.41) is 8.55. The van der Waals surface area contributed by atoms with Crippen LogP contribution in [0, 0.1) is 11.3 Å². The van der Waals surface area contributed by atoms with Gasteiger partial charge < -0.3 is 4.57 Å². The summed E-state index contributed by atoms with van der Waals surface area (Å²) in [6.45, 7) is 2.67. The van der Waals surface area contributed by atoms with Crippen molar-refractivity contribution in [3.63, 3.8) is 0 Å². The van der Waals surface area contributed by atoms with Gasteiger partial charge in [-0.25, -0.2) is 0 Å². The van der Waals surface area contributed by atoms with Gasteiger partial charge >= 0.3 is 0 Å². The van der Waals surface area contributed by atoms with E-state index in [0.29, 0.717) is 6.54 Å². The number of aryl methyl sites for hydroxylation is 1. The lowest BCUT2D eigenvalue weighted by Gasteiger charge is -2.01. The van der Waals surface area contributed by atoms with Crippen LogP contribution in [0.3, 0.4) is 0 Å². The van der Waals surface area contributed by atoms with Gasteiger partial charge in [-0.05, 0) is 18.6 Å². The maximum absolute atomic E-state index is 11.3. The third-order valence-electron chi connectivity index (χ3n) is 1.61. The van der Waals surface area contributed by atoms with E-state index in [0.717, 1.165) is 6.42 Å². The fourth-order valence-electron chi connectivity index (χ4n) is 1.04. The van der Waals surface area contributed by atoms with Crippen molar-refractivity contribution in [2.45, 2.75) is 19.9 Å². The molecule has 0 saturated heterocycles. The lowest BCUT2D eigenvalue weighted by molar-refractivity contribution is 0.652. The summed E-state index contributed by atoms with van der Waals surface area (Å²) in [6.07, 6.45) is 2.60. The highest BCUT2D eigenvalue weighted by molar-refractivity contribution is 5.24. The normalized spacial score (nSPS) is 9.33. The van der Waals surface area contributed by atoms with Crippen molar-refractivity contribution >= 4 is 0 Å². The maximum atomic E-state index is 11.3. The lowest BCUT2D eigenvalue weighted by Crippen LogP contribution is -2.21. The van der Waals surface area contributed by atoms with E-state index in [2.05, 4.69) is 0 Å². The highest BCUT2D eigenvalue weighted by atomic mass is 16.1. The number of nitriles is 1. The molecule has 62 valence electrons. The summed E-state index contributed by atoms with van der Waals surface area (Å²) >= 11 is 0. The number of aromatic nitrogens is 1. The SMILES string of the molecule is CCCn1cccc(C#N)c1=O. The van der Waals surface area contributed by atoms with Crippen molar-refractivity contribution in [3.8, 4) is 6.07 Å². The molecule has 0 fully saturated rings. The smallest absolute Gasteiger partial charge is 0.268 e. The van der Waals surface area contributed by atoms with Gasteiger partial charge in [0.25, 0.3) is 5.56 Å². The molecule has 0 N–H and O–H groups in total. The molecule has 0 aliphatic rings. The Morgan fingerprint density at radius 3 is 3.00 bits per heavy atom. The first-order valence-corrected chi connectivity index (χ1v) is 3.89. The summed E-state index contributed by atoms with van der Waals surface area (Å²) in [6, 6.07) is 5.11. The van der Waals surface area contributed by atoms with Crippen molar-refractivity contribution in [2.24, 2.45) is 0 Å². The van der Waals surface area contributed by atoms with Gasteiger partial charge in [0.2, 0.25) is 0 Å². The lowest BCUT2D eigenvalue weighted by atomic mass is 10.3. The predicted octanol–water partition coefficient (Wildman–Crippen LogP) is 1.13. The molecule has 0 spiro atoms. The minimum absolute atomic E-state index is 0.193. The summed E-state index contributed by atoms with van der Waals surface area (Å²) in [5.41, 5.74) is 0.0211. The van der Waals surface area contributed by atoms with Crippen LogP contribution < -0.4 is 5.56 Å². The molecular formula is C9H10N2O. The van der Waals surface area contributed by atoms with E-state index < -0.39 is 0 Å². The molecule has 0 saturated carbocycles. The Kier molecular flexibility index (Phi) is 2.65. The second-order valence-electron chi connectivity index (χ2n) is 2.53. The zero-order chi connectivity index (χ0) is 8.97. The monoisotopic (exact) mass is 162 g/mol. The molecule has 3 nitrogen and oxygen atoms in total. The highest BCUT2D eigenvalue weighted by Gasteiger charge is 1.99. The van der Waals surface area contributed by atoms with Gasteiger partial charge in [0.05, 0.1) is 0 Å². The Balaban J connectivity index is 3.17. The Morgan fingerprint density at radius 1 is 1.67 bits per heavy atom. The molecular weight excluding hydrogens is 152 g/mol. The van der Waals surface area contributed by atoms with Crippen molar-refractivity contribution < 1.29 is 0 Å². The molecule has 0 atom stereocenters. The van der Waals surface area contributed by atoms with Gasteiger partial charge in [0.1, 0.15) is 11.6 Å². The van der Waals surface area contributed by atoms with Crippen LogP contribution in [0.2, 0.25) is 0 Å². The quantitative estimate of drug-likeness (QED) is 0.654. The van der Waals surface area contributed by atoms with E-state index in [1.165, 1.54) is 6.07 Å². The van der Waals surface area contributed by atoms with E-state index in [1.807, 2.05) is 13.0 Å². The standard InChI is InChI=1S/C9H10N2O/c1-2-5-11-6-3-4-8(7-10)9(11)12/h3-4,6H,2,5H2,1H3. The molecule has 0 amide bonds. The van der Waals surface area contributed by atoms with Gasteiger partial charge in [-0.1, -0.05) is 6.92 Å². The number of hydrogen-bond acceptors (Lipinski definition) is 2. The molecule has 0 unspecified atom stereocenters. The molecule has 0 bridgehead atoms. The van der Waals surface area contributed by atoms with Crippen LogP contribution in [-0.4, -0.2) is 4.57 Å². The van der Waals surface area contributed by atoms with Gasteiger partial charge in [-0.2, -0.15) is 5.26 Å². The van der Waals surface area contributed by atoms with Crippen LogP contribution in [0.5, 0.6) is 0 Å². The molecule has 1 aromatic rings. The first kappa shape index (κ1) is 8.54. The summed E-state index contributed by atoms with van der Waals surface area (Å²) in [5.74, 6) is 0. The van der Waals surface area contributed by atoms with Crippen LogP contribution in [-0.2, 0) is 6.54 Å². The highest BCUT2D eigenvalue weighted by Crippen LogP contribution is 1.90. The number of pyridine rings is 1. The second-order valence-corrected chi connectivity index (χ2v) is 2.53. The maximum Gasteiger partial charge on any atom is 0.268 e. The topological polar surface area (TPSA) is 45.8 Å². The van der Waals surface area contributed by atoms with Gasteiger partial charge in [-0.3, -0.25) is 4.79 Å². The molecule has 0 radical (unpaired) electrons. The number of nitrogens with zero attached hydrogens (tertiary/aromatic N) is 2. The van der Waals surface area contributed by atoms with Gasteiger partial charge in [0.15, 0.2) is 0 Å². The van der Waals surface area contributed by atoms with Crippen LogP contribution in [0.25, 0.3) is 0 Å². The van der Waals surface area contributed by atoms with Crippen LogP contribution >= 0.6 is 0 Å². The van der Waals surface area contributed by atoms with E-state index in [4.69, 9.17) is 5.26 Å². The van der Waals surface area contributed by atoms with E-state index >= 15 is 0 Å². The molecule has 3 heteroatoms. The largest absolute Gasteiger partial charge is 0.314 e. The summed E-state index contributed by atoms with van der Waals surface area (Å²) in [7, 11) is 0. The van der Waals surface area contributed by atoms with Crippen LogP contribution in [0.15, 0.2) is 23.1 Å².